The van der Waals surface area contributed by atoms with Crippen molar-refractivity contribution in [2.24, 2.45) is 11.8 Å². The van der Waals surface area contributed by atoms with E-state index in [4.69, 9.17) is 20.4 Å². The molecule has 0 aliphatic carbocycles. The first-order valence-electron chi connectivity index (χ1n) is 27.0. The molecule has 0 radical (unpaired) electrons. The molecule has 6 aliphatic heterocycles. The lowest BCUT2D eigenvalue weighted by Crippen LogP contribution is -2.58. The summed E-state index contributed by atoms with van der Waals surface area (Å²) >= 11 is 0. The second-order valence-electron chi connectivity index (χ2n) is 21.6. The number of nitrogens with zero attached hydrogens (tertiary/aromatic N) is 10. The molecule has 5 saturated heterocycles. The number of hydrogen-bond donors (Lipinski definition) is 4. The first-order chi connectivity index (χ1) is 36.0. The number of ether oxygens (including phenoxy) is 2. The third-order valence-corrected chi connectivity index (χ3v) is 16.6. The molecular weight excluding hydrogens is 941 g/mol. The van der Waals surface area contributed by atoms with E-state index >= 15 is 0 Å². The summed E-state index contributed by atoms with van der Waals surface area (Å²) in [6, 6.07) is 13.6. The zero-order valence-electron chi connectivity index (χ0n) is 43.3. The standard InChI is InChI=1S/C55H74N12O7/c1-5-37-26-49(72-4)45(56-30-37)32-58-54(70)47-27-42(68)35-67(47)55(71)52(36(2)3)50-29-51(61-74-50)73-25-24-62-16-12-39(13-17-62)65-20-14-40(15-21-65)64-18-10-38(11-19-64)33-63-22-23-66-41(34-63)31-57-53-46(66)28-44(59-60-53)43-8-6-7-9-48(43)69/h1,6-9,26,28-30,36,38-42,47,52,68-69H,10-25,27,31-35H2,2-4H3,(H,57,60)(H,58,70)/t41-,42+,47-,52?/m0/s1. The average molecular weight is 1020 g/mol. The average Bonchev–Trinajstić information content (AvgIpc) is 4.06. The van der Waals surface area contributed by atoms with Crippen LogP contribution in [0.4, 0.5) is 11.5 Å². The molecular formula is C55H74N12O7. The molecule has 4 N–H and O–H groups in total. The number of amides is 2. The molecule has 5 fully saturated rings. The Hall–Kier alpha value is -6.04. The number of pyridine rings is 1. The van der Waals surface area contributed by atoms with Crippen molar-refractivity contribution < 1.29 is 33.8 Å². The molecule has 2 amide bonds. The highest BCUT2D eigenvalue weighted by Gasteiger charge is 2.44. The van der Waals surface area contributed by atoms with Gasteiger partial charge in [0.15, 0.2) is 11.6 Å². The topological polar surface area (TPSA) is 201 Å². The number of likely N-dealkylation sites (tertiary alicyclic amines) is 4. The Morgan fingerprint density at radius 3 is 2.39 bits per heavy atom. The number of benzene rings is 1. The number of piperazine rings is 1. The van der Waals surface area contributed by atoms with Crippen LogP contribution in [0.1, 0.15) is 81.7 Å². The number of carbonyl (C=O) groups is 2. The van der Waals surface area contributed by atoms with E-state index in [9.17, 15) is 19.8 Å². The molecule has 9 heterocycles. The summed E-state index contributed by atoms with van der Waals surface area (Å²) in [7, 11) is 1.51. The number of carbonyl (C=O) groups excluding carboxylic acids is 2. The van der Waals surface area contributed by atoms with Gasteiger partial charge in [0.1, 0.15) is 35.8 Å². The third-order valence-electron chi connectivity index (χ3n) is 16.6. The van der Waals surface area contributed by atoms with Crippen LogP contribution in [0.5, 0.6) is 17.4 Å². The largest absolute Gasteiger partial charge is 0.507 e. The number of para-hydroxylation sites is 1. The van der Waals surface area contributed by atoms with Crippen LogP contribution in [-0.2, 0) is 16.1 Å². The number of β-amino-alcohol motifs (C(OH)–C–C–N with tert-alkyl or cyclic N) is 1. The van der Waals surface area contributed by atoms with Gasteiger partial charge in [-0.25, -0.2) is 0 Å². The van der Waals surface area contributed by atoms with Crippen molar-refractivity contribution in [2.75, 3.05) is 109 Å². The number of terminal acetylenes is 1. The highest BCUT2D eigenvalue weighted by molar-refractivity contribution is 5.91. The Labute approximate surface area is 434 Å². The van der Waals surface area contributed by atoms with Crippen LogP contribution in [0.3, 0.4) is 0 Å². The fraction of sp³-hybridized carbons (Fsp3) is 0.600. The van der Waals surface area contributed by atoms with Crippen LogP contribution in [0, 0.1) is 24.2 Å². The minimum Gasteiger partial charge on any atom is -0.507 e. The summed E-state index contributed by atoms with van der Waals surface area (Å²) in [5.41, 5.74) is 3.54. The Balaban J connectivity index is 0.617. The van der Waals surface area contributed by atoms with Crippen LogP contribution in [-0.4, -0.2) is 196 Å². The Morgan fingerprint density at radius 2 is 1.66 bits per heavy atom. The minimum absolute atomic E-state index is 0.0323. The zero-order valence-corrected chi connectivity index (χ0v) is 43.3. The predicted octanol–water partition coefficient (Wildman–Crippen LogP) is 3.88. The lowest BCUT2D eigenvalue weighted by molar-refractivity contribution is -0.141. The second kappa shape index (κ2) is 23.2. The van der Waals surface area contributed by atoms with Crippen LogP contribution < -0.4 is 25.0 Å². The number of hydrogen-bond acceptors (Lipinski definition) is 17. The smallest absolute Gasteiger partial charge is 0.254 e. The van der Waals surface area contributed by atoms with Crippen molar-refractivity contribution in [3.05, 3.63) is 65.7 Å². The summed E-state index contributed by atoms with van der Waals surface area (Å²) in [6.07, 6.45) is 13.7. The molecule has 0 spiro atoms. The summed E-state index contributed by atoms with van der Waals surface area (Å²) < 4.78 is 17.2. The molecule has 0 saturated carbocycles. The number of aliphatic hydroxyl groups excluding tert-OH is 1. The molecule has 19 heteroatoms. The summed E-state index contributed by atoms with van der Waals surface area (Å²) in [5, 5.41) is 40.6. The Kier molecular flexibility index (Phi) is 16.2. The quantitative estimate of drug-likeness (QED) is 0.118. The molecule has 4 atom stereocenters. The zero-order chi connectivity index (χ0) is 51.3. The highest BCUT2D eigenvalue weighted by atomic mass is 16.5. The number of phenols is 1. The molecule has 6 aliphatic rings. The van der Waals surface area contributed by atoms with E-state index < -0.39 is 24.0 Å². The van der Waals surface area contributed by atoms with Crippen LogP contribution >= 0.6 is 0 Å². The van der Waals surface area contributed by atoms with E-state index in [0.29, 0.717) is 64.6 Å². The fourth-order valence-corrected chi connectivity index (χ4v) is 12.5. The van der Waals surface area contributed by atoms with E-state index in [-0.39, 0.29) is 37.1 Å². The van der Waals surface area contributed by atoms with E-state index in [0.717, 1.165) is 76.1 Å². The maximum atomic E-state index is 14.1. The summed E-state index contributed by atoms with van der Waals surface area (Å²) in [4.78, 5) is 46.6. The predicted molar refractivity (Wildman–Crippen MR) is 280 cm³/mol. The molecule has 10 rings (SSSR count). The van der Waals surface area contributed by atoms with Crippen LogP contribution in [0.15, 0.2) is 53.2 Å². The summed E-state index contributed by atoms with van der Waals surface area (Å²) in [5.74, 6) is 3.85. The molecule has 19 nitrogen and oxygen atoms in total. The number of nitrogens with one attached hydrogen (secondary N) is 2. The molecule has 0 bridgehead atoms. The number of anilines is 2. The second-order valence-corrected chi connectivity index (χ2v) is 21.6. The Bertz CT molecular complexity index is 2600. The number of aromatic nitrogens is 4. The van der Waals surface area contributed by atoms with Gasteiger partial charge in [0.05, 0.1) is 37.2 Å². The van der Waals surface area contributed by atoms with Gasteiger partial charge in [0.2, 0.25) is 11.8 Å². The Morgan fingerprint density at radius 1 is 0.919 bits per heavy atom. The molecule has 3 aromatic heterocycles. The molecule has 4 aromatic rings. The lowest BCUT2D eigenvalue weighted by Gasteiger charge is -2.47. The maximum Gasteiger partial charge on any atom is 0.254 e. The SMILES string of the molecule is C#Cc1cnc(CNC(=O)[C@@H]2C[C@@H](O)CN2C(=O)C(c2cc(OCCN3CCC(N4CCC(N5CCC(CN6CCN7c8cc(-c9ccccc9O)nnc8NC[C@H]7C6)CC5)CC4)CC3)no2)C(C)C)c(OC)c1. The molecule has 396 valence electrons. The lowest BCUT2D eigenvalue weighted by atomic mass is 9.91. The van der Waals surface area contributed by atoms with Gasteiger partial charge < -0.3 is 54.4 Å². The van der Waals surface area contributed by atoms with Crippen molar-refractivity contribution >= 4 is 23.3 Å². The van der Waals surface area contributed by atoms with Crippen molar-refractivity contribution in [3.8, 4) is 41.0 Å². The number of piperidine rings is 3. The fourth-order valence-electron chi connectivity index (χ4n) is 12.5. The van der Waals surface area contributed by atoms with Gasteiger partial charge in [-0.15, -0.1) is 16.6 Å². The van der Waals surface area contributed by atoms with Crippen molar-refractivity contribution in [2.45, 2.75) is 102 Å². The van der Waals surface area contributed by atoms with Gasteiger partial charge in [-0.05, 0) is 119 Å². The van der Waals surface area contributed by atoms with Gasteiger partial charge >= 0.3 is 0 Å². The summed E-state index contributed by atoms with van der Waals surface area (Å²) in [6.45, 7) is 17.1. The molecule has 1 unspecified atom stereocenters. The van der Waals surface area contributed by atoms with Crippen molar-refractivity contribution in [1.82, 2.24) is 50.2 Å². The van der Waals surface area contributed by atoms with Crippen LogP contribution in [0.25, 0.3) is 11.3 Å². The highest BCUT2D eigenvalue weighted by Crippen LogP contribution is 2.37. The van der Waals surface area contributed by atoms with E-state index in [1.807, 2.05) is 32.0 Å². The van der Waals surface area contributed by atoms with E-state index in [1.54, 1.807) is 18.2 Å². The first-order valence-corrected chi connectivity index (χ1v) is 27.0. The number of rotatable bonds is 16. The number of aliphatic hydroxyl groups is 1. The monoisotopic (exact) mass is 1010 g/mol. The number of methoxy groups -OCH3 is 1. The number of fused-ring (bicyclic) bond motifs is 3. The minimum atomic E-state index is -0.870. The van der Waals surface area contributed by atoms with Crippen LogP contribution in [0.2, 0.25) is 0 Å². The van der Waals surface area contributed by atoms with Gasteiger partial charge in [-0.3, -0.25) is 24.4 Å². The van der Waals surface area contributed by atoms with Gasteiger partial charge in [-0.1, -0.05) is 31.9 Å². The first kappa shape index (κ1) is 51.4. The van der Waals surface area contributed by atoms with Gasteiger partial charge in [0.25, 0.3) is 5.88 Å². The third kappa shape index (κ3) is 11.6. The number of aromatic hydroxyl groups is 1. The van der Waals surface area contributed by atoms with Gasteiger partial charge in [-0.2, -0.15) is 0 Å². The normalized spacial score (nSPS) is 23.2. The maximum absolute atomic E-state index is 14.1. The van der Waals surface area contributed by atoms with E-state index in [2.05, 4.69) is 67.5 Å². The van der Waals surface area contributed by atoms with Crippen molar-refractivity contribution in [3.63, 3.8) is 0 Å². The molecule has 74 heavy (non-hydrogen) atoms. The van der Waals surface area contributed by atoms with Gasteiger partial charge in [0, 0.05) is 87.7 Å². The van der Waals surface area contributed by atoms with E-state index in [1.165, 1.54) is 76.6 Å². The van der Waals surface area contributed by atoms with Crippen molar-refractivity contribution in [1.29, 1.82) is 0 Å². The molecule has 1 aromatic carbocycles. The number of phenolic OH excluding ortho intramolecular Hbond substituents is 1.